The molecule has 0 radical (unpaired) electrons. The molecule has 2 aliphatic heterocycles. The number of nitrogens with zero attached hydrogens (tertiary/aromatic N) is 3. The van der Waals surface area contributed by atoms with Gasteiger partial charge in [-0.25, -0.2) is 0 Å². The Hall–Kier alpha value is -1.55. The highest BCUT2D eigenvalue weighted by Gasteiger charge is 2.17. The second-order valence-electron chi connectivity index (χ2n) is 7.33. The Morgan fingerprint density at radius 2 is 2.00 bits per heavy atom. The first kappa shape index (κ1) is 23.7. The number of amides is 1. The van der Waals surface area contributed by atoms with E-state index < -0.39 is 0 Å². The standard InChI is InChI=1S/C21H33N5O2.HI/c1-3-22-21(24-9-10-25-11-13-26(14-12-25)17(2)27)23-8-6-18-4-5-20-19(16-18)7-15-28-20;/h4-5,16H,3,6-15H2,1-2H3,(H2,22,23,24);1H. The van der Waals surface area contributed by atoms with Crippen molar-refractivity contribution in [3.8, 4) is 5.75 Å². The second-order valence-corrected chi connectivity index (χ2v) is 7.33. The summed E-state index contributed by atoms with van der Waals surface area (Å²) in [6.07, 6.45) is 1.98. The van der Waals surface area contributed by atoms with Gasteiger partial charge in [-0.3, -0.25) is 14.7 Å². The molecule has 162 valence electrons. The van der Waals surface area contributed by atoms with Gasteiger partial charge in [0.25, 0.3) is 0 Å². The van der Waals surface area contributed by atoms with E-state index in [2.05, 4.69) is 40.7 Å². The van der Waals surface area contributed by atoms with Crippen LogP contribution in [0.25, 0.3) is 0 Å². The van der Waals surface area contributed by atoms with Gasteiger partial charge in [-0.05, 0) is 30.5 Å². The molecule has 3 rings (SSSR count). The predicted octanol–water partition coefficient (Wildman–Crippen LogP) is 1.50. The molecule has 8 heteroatoms. The van der Waals surface area contributed by atoms with Gasteiger partial charge in [0.15, 0.2) is 5.96 Å². The van der Waals surface area contributed by atoms with E-state index in [9.17, 15) is 4.79 Å². The minimum Gasteiger partial charge on any atom is -0.493 e. The summed E-state index contributed by atoms with van der Waals surface area (Å²) in [4.78, 5) is 20.4. The summed E-state index contributed by atoms with van der Waals surface area (Å²) >= 11 is 0. The lowest BCUT2D eigenvalue weighted by atomic mass is 10.1. The van der Waals surface area contributed by atoms with Crippen LogP contribution in [-0.2, 0) is 17.6 Å². The van der Waals surface area contributed by atoms with Gasteiger partial charge < -0.3 is 20.3 Å². The van der Waals surface area contributed by atoms with Crippen LogP contribution >= 0.6 is 24.0 Å². The average Bonchev–Trinajstić information content (AvgIpc) is 3.16. The number of fused-ring (bicyclic) bond motifs is 1. The quantitative estimate of drug-likeness (QED) is 0.328. The molecule has 1 aromatic carbocycles. The number of halogens is 1. The van der Waals surface area contributed by atoms with Gasteiger partial charge in [-0.1, -0.05) is 12.1 Å². The molecule has 7 nitrogen and oxygen atoms in total. The molecule has 0 bridgehead atoms. The lowest BCUT2D eigenvalue weighted by Crippen LogP contribution is -2.48. The number of benzene rings is 1. The van der Waals surface area contributed by atoms with E-state index >= 15 is 0 Å². The molecule has 1 fully saturated rings. The van der Waals surface area contributed by atoms with Crippen molar-refractivity contribution in [3.63, 3.8) is 0 Å². The van der Waals surface area contributed by atoms with Gasteiger partial charge in [-0.2, -0.15) is 0 Å². The number of rotatable bonds is 7. The van der Waals surface area contributed by atoms with E-state index in [0.29, 0.717) is 0 Å². The first-order chi connectivity index (χ1) is 13.7. The molecule has 0 aliphatic carbocycles. The third-order valence-electron chi connectivity index (χ3n) is 5.31. The second kappa shape index (κ2) is 12.2. The Labute approximate surface area is 191 Å². The molecule has 0 aromatic heterocycles. The molecule has 0 atom stereocenters. The van der Waals surface area contributed by atoms with Crippen molar-refractivity contribution in [3.05, 3.63) is 29.3 Å². The van der Waals surface area contributed by atoms with Crippen molar-refractivity contribution >= 4 is 35.8 Å². The highest BCUT2D eigenvalue weighted by atomic mass is 127. The topological polar surface area (TPSA) is 69.2 Å². The van der Waals surface area contributed by atoms with Crippen LogP contribution in [-0.4, -0.2) is 80.6 Å². The number of carbonyl (C=O) groups is 1. The number of aliphatic imine (C=N–C) groups is 1. The lowest BCUT2D eigenvalue weighted by Gasteiger charge is -2.33. The summed E-state index contributed by atoms with van der Waals surface area (Å²) in [5, 5.41) is 6.75. The van der Waals surface area contributed by atoms with Crippen molar-refractivity contribution in [2.45, 2.75) is 26.7 Å². The number of nitrogens with one attached hydrogen (secondary N) is 2. The summed E-state index contributed by atoms with van der Waals surface area (Å²) < 4.78 is 5.57. The summed E-state index contributed by atoms with van der Waals surface area (Å²) in [5.74, 6) is 2.08. The zero-order valence-corrected chi connectivity index (χ0v) is 19.9. The number of piperazine rings is 1. The van der Waals surface area contributed by atoms with E-state index in [1.54, 1.807) is 6.92 Å². The zero-order valence-electron chi connectivity index (χ0n) is 17.6. The molecule has 0 unspecified atom stereocenters. The summed E-state index contributed by atoms with van der Waals surface area (Å²) in [5.41, 5.74) is 2.65. The van der Waals surface area contributed by atoms with Gasteiger partial charge in [0, 0.05) is 59.2 Å². The molecule has 0 saturated carbocycles. The third kappa shape index (κ3) is 7.33. The fourth-order valence-electron chi connectivity index (χ4n) is 3.65. The van der Waals surface area contributed by atoms with Crippen molar-refractivity contribution in [2.75, 3.05) is 59.0 Å². The molecule has 1 aromatic rings. The molecule has 2 aliphatic rings. The minimum atomic E-state index is 0. The van der Waals surface area contributed by atoms with E-state index in [0.717, 1.165) is 83.5 Å². The number of ether oxygens (including phenoxy) is 1. The molecule has 2 heterocycles. The van der Waals surface area contributed by atoms with Crippen molar-refractivity contribution in [1.82, 2.24) is 20.4 Å². The largest absolute Gasteiger partial charge is 0.493 e. The van der Waals surface area contributed by atoms with E-state index in [1.807, 2.05) is 4.90 Å². The van der Waals surface area contributed by atoms with Gasteiger partial charge in [-0.15, -0.1) is 24.0 Å². The van der Waals surface area contributed by atoms with Crippen molar-refractivity contribution < 1.29 is 9.53 Å². The lowest BCUT2D eigenvalue weighted by molar-refractivity contribution is -0.130. The van der Waals surface area contributed by atoms with Gasteiger partial charge >= 0.3 is 0 Å². The smallest absolute Gasteiger partial charge is 0.219 e. The van der Waals surface area contributed by atoms with Gasteiger partial charge in [0.2, 0.25) is 5.91 Å². The predicted molar refractivity (Wildman–Crippen MR) is 127 cm³/mol. The Kier molecular flexibility index (Phi) is 9.99. The number of hydrogen-bond donors (Lipinski definition) is 2. The molecular weight excluding hydrogens is 481 g/mol. The van der Waals surface area contributed by atoms with Crippen LogP contribution in [0.2, 0.25) is 0 Å². The summed E-state index contributed by atoms with van der Waals surface area (Å²) in [6, 6.07) is 6.49. The van der Waals surface area contributed by atoms with Gasteiger partial charge in [0.05, 0.1) is 13.2 Å². The summed E-state index contributed by atoms with van der Waals surface area (Å²) in [6.45, 7) is 11.4. The van der Waals surface area contributed by atoms with E-state index in [4.69, 9.17) is 9.73 Å². The molecule has 0 spiro atoms. The maximum absolute atomic E-state index is 11.4. The van der Waals surface area contributed by atoms with Crippen LogP contribution in [0.3, 0.4) is 0 Å². The Bertz CT molecular complexity index is 690. The highest BCUT2D eigenvalue weighted by Crippen LogP contribution is 2.25. The molecule has 2 N–H and O–H groups in total. The Morgan fingerprint density at radius 3 is 2.72 bits per heavy atom. The first-order valence-electron chi connectivity index (χ1n) is 10.4. The van der Waals surface area contributed by atoms with Crippen molar-refractivity contribution in [1.29, 1.82) is 0 Å². The fourth-order valence-corrected chi connectivity index (χ4v) is 3.65. The molecule has 1 amide bonds. The van der Waals surface area contributed by atoms with Gasteiger partial charge in [0.1, 0.15) is 5.75 Å². The Balaban J connectivity index is 0.00000300. The monoisotopic (exact) mass is 515 g/mol. The van der Waals surface area contributed by atoms with Crippen LogP contribution in [0.5, 0.6) is 5.75 Å². The van der Waals surface area contributed by atoms with Crippen LogP contribution in [0.1, 0.15) is 25.0 Å². The van der Waals surface area contributed by atoms with Crippen molar-refractivity contribution in [2.24, 2.45) is 4.99 Å². The SMILES string of the molecule is CCNC(=NCCN1CCN(C(C)=O)CC1)NCCc1ccc2c(c1)CCO2.I. The number of guanidine groups is 1. The maximum atomic E-state index is 11.4. The van der Waals surface area contributed by atoms with Crippen LogP contribution < -0.4 is 15.4 Å². The highest BCUT2D eigenvalue weighted by molar-refractivity contribution is 14.0. The van der Waals surface area contributed by atoms with Crippen LogP contribution in [0.4, 0.5) is 0 Å². The van der Waals surface area contributed by atoms with E-state index in [1.165, 1.54) is 11.1 Å². The normalized spacial score (nSPS) is 16.6. The minimum absolute atomic E-state index is 0. The molecule has 1 saturated heterocycles. The van der Waals surface area contributed by atoms with Crippen LogP contribution in [0.15, 0.2) is 23.2 Å². The maximum Gasteiger partial charge on any atom is 0.219 e. The fraction of sp³-hybridized carbons (Fsp3) is 0.619. The molecular formula is C21H34IN5O2. The number of carbonyl (C=O) groups excluding carboxylic acids is 1. The Morgan fingerprint density at radius 1 is 1.21 bits per heavy atom. The number of hydrogen-bond acceptors (Lipinski definition) is 4. The summed E-state index contributed by atoms with van der Waals surface area (Å²) in [7, 11) is 0. The zero-order chi connectivity index (χ0) is 19.8. The third-order valence-corrected chi connectivity index (χ3v) is 5.31. The molecule has 29 heavy (non-hydrogen) atoms. The average molecular weight is 515 g/mol. The van der Waals surface area contributed by atoms with Crippen LogP contribution in [0, 0.1) is 0 Å². The first-order valence-corrected chi connectivity index (χ1v) is 10.4. The van der Waals surface area contributed by atoms with E-state index in [-0.39, 0.29) is 29.9 Å².